The van der Waals surface area contributed by atoms with Gasteiger partial charge in [-0.3, -0.25) is 0 Å². The van der Waals surface area contributed by atoms with Crippen LogP contribution in [0.2, 0.25) is 0 Å². The summed E-state index contributed by atoms with van der Waals surface area (Å²) in [5, 5.41) is 3.63. The van der Waals surface area contributed by atoms with Crippen LogP contribution in [-0.4, -0.2) is 18.3 Å². The number of hydrogen-bond donors (Lipinski definition) is 1. The van der Waals surface area contributed by atoms with E-state index in [1.165, 1.54) is 41.9 Å². The minimum absolute atomic E-state index is 0.682. The number of benzene rings is 1. The molecule has 1 aliphatic rings. The Morgan fingerprint density at radius 1 is 1.39 bits per heavy atom. The van der Waals surface area contributed by atoms with E-state index in [2.05, 4.69) is 43.4 Å². The number of rotatable bonds is 8. The van der Waals surface area contributed by atoms with Crippen molar-refractivity contribution in [3.63, 3.8) is 0 Å². The molecule has 0 aromatic heterocycles. The first kappa shape index (κ1) is 14.0. The summed E-state index contributed by atoms with van der Waals surface area (Å²) in [5.41, 5.74) is 1.36. The van der Waals surface area contributed by atoms with Crippen molar-refractivity contribution in [2.24, 2.45) is 5.92 Å². The van der Waals surface area contributed by atoms with Gasteiger partial charge in [-0.1, -0.05) is 37.5 Å². The summed E-state index contributed by atoms with van der Waals surface area (Å²) in [5.74, 6) is 2.25. The highest BCUT2D eigenvalue weighted by molar-refractivity contribution is 7.99. The van der Waals surface area contributed by atoms with Gasteiger partial charge >= 0.3 is 0 Å². The molecule has 0 aliphatic heterocycles. The molecular formula is C16H25NS. The molecule has 1 aromatic carbocycles. The van der Waals surface area contributed by atoms with Crippen LogP contribution in [0.5, 0.6) is 0 Å². The minimum Gasteiger partial charge on any atom is -0.313 e. The van der Waals surface area contributed by atoms with Crippen molar-refractivity contribution in [3.8, 4) is 0 Å². The zero-order chi connectivity index (χ0) is 12.8. The number of nitrogens with one attached hydrogen (secondary N) is 1. The van der Waals surface area contributed by atoms with E-state index in [9.17, 15) is 0 Å². The van der Waals surface area contributed by atoms with Gasteiger partial charge in [-0.25, -0.2) is 0 Å². The first-order valence-electron chi connectivity index (χ1n) is 7.20. The maximum Gasteiger partial charge on any atom is 0.0161 e. The molecule has 2 rings (SSSR count). The van der Waals surface area contributed by atoms with Crippen molar-refractivity contribution in [1.29, 1.82) is 0 Å². The fourth-order valence-corrected chi connectivity index (χ4v) is 3.40. The fraction of sp³-hybridized carbons (Fsp3) is 0.625. The Bertz CT molecular complexity index is 360. The molecular weight excluding hydrogens is 238 g/mol. The Morgan fingerprint density at radius 3 is 2.89 bits per heavy atom. The molecule has 18 heavy (non-hydrogen) atoms. The highest BCUT2D eigenvalue weighted by atomic mass is 32.2. The molecule has 0 spiro atoms. The summed E-state index contributed by atoms with van der Waals surface area (Å²) in [6.45, 7) is 5.46. The van der Waals surface area contributed by atoms with E-state index in [1.807, 2.05) is 11.8 Å². The molecule has 1 aromatic rings. The molecule has 0 amide bonds. The van der Waals surface area contributed by atoms with Gasteiger partial charge in [-0.2, -0.15) is 0 Å². The van der Waals surface area contributed by atoms with E-state index < -0.39 is 0 Å². The maximum absolute atomic E-state index is 3.63. The summed E-state index contributed by atoms with van der Waals surface area (Å²) in [7, 11) is 0. The molecule has 1 saturated carbocycles. The molecule has 0 heterocycles. The summed E-state index contributed by atoms with van der Waals surface area (Å²) in [6, 6.07) is 9.51. The van der Waals surface area contributed by atoms with Crippen LogP contribution in [0.3, 0.4) is 0 Å². The second kappa shape index (κ2) is 7.20. The minimum atomic E-state index is 0.682. The van der Waals surface area contributed by atoms with Crippen LogP contribution in [0.1, 0.15) is 38.2 Å². The van der Waals surface area contributed by atoms with Gasteiger partial charge in [0, 0.05) is 16.7 Å². The van der Waals surface area contributed by atoms with Crippen LogP contribution in [0.25, 0.3) is 0 Å². The van der Waals surface area contributed by atoms with Gasteiger partial charge in [0.25, 0.3) is 0 Å². The molecule has 2 heteroatoms. The summed E-state index contributed by atoms with van der Waals surface area (Å²) >= 11 is 1.99. The average Bonchev–Trinajstić information content (AvgIpc) is 3.17. The molecule has 0 bridgehead atoms. The highest BCUT2D eigenvalue weighted by Gasteiger charge is 2.22. The molecule has 1 aliphatic carbocycles. The van der Waals surface area contributed by atoms with Crippen LogP contribution >= 0.6 is 11.8 Å². The fourth-order valence-electron chi connectivity index (χ4n) is 2.28. The molecule has 100 valence electrons. The molecule has 0 saturated heterocycles. The molecule has 1 N–H and O–H groups in total. The van der Waals surface area contributed by atoms with Crippen LogP contribution in [0.4, 0.5) is 0 Å². The second-order valence-electron chi connectivity index (χ2n) is 5.40. The predicted molar refractivity (Wildman–Crippen MR) is 81.3 cm³/mol. The summed E-state index contributed by atoms with van der Waals surface area (Å²) < 4.78 is 0. The van der Waals surface area contributed by atoms with E-state index in [-0.39, 0.29) is 0 Å². The van der Waals surface area contributed by atoms with Crippen LogP contribution < -0.4 is 5.32 Å². The van der Waals surface area contributed by atoms with E-state index >= 15 is 0 Å². The largest absolute Gasteiger partial charge is 0.313 e. The lowest BCUT2D eigenvalue weighted by Gasteiger charge is -2.17. The zero-order valence-electron chi connectivity index (χ0n) is 11.6. The van der Waals surface area contributed by atoms with E-state index in [4.69, 9.17) is 0 Å². The lowest BCUT2D eigenvalue weighted by molar-refractivity contribution is 0.501. The Balaban J connectivity index is 1.76. The third-order valence-corrected chi connectivity index (χ3v) is 4.71. The third-order valence-electron chi connectivity index (χ3n) is 3.55. The Labute approximate surface area is 116 Å². The Morgan fingerprint density at radius 2 is 2.22 bits per heavy atom. The van der Waals surface area contributed by atoms with Gasteiger partial charge in [-0.05, 0) is 44.4 Å². The third kappa shape index (κ3) is 5.03. The summed E-state index contributed by atoms with van der Waals surface area (Å²) in [4.78, 5) is 1.41. The quantitative estimate of drug-likeness (QED) is 0.704. The molecule has 1 fully saturated rings. The zero-order valence-corrected chi connectivity index (χ0v) is 12.4. The van der Waals surface area contributed by atoms with Gasteiger partial charge < -0.3 is 5.32 Å². The van der Waals surface area contributed by atoms with Crippen molar-refractivity contribution in [2.45, 2.75) is 50.5 Å². The first-order chi connectivity index (χ1) is 8.78. The van der Waals surface area contributed by atoms with Crippen LogP contribution in [0, 0.1) is 12.8 Å². The normalized spacial score (nSPS) is 16.8. The monoisotopic (exact) mass is 263 g/mol. The SMILES string of the molecule is CCNC(CCC1CC1)CSc1cccc(C)c1. The molecule has 1 nitrogen and oxygen atoms in total. The van der Waals surface area contributed by atoms with Gasteiger partial charge in [0.15, 0.2) is 0 Å². The average molecular weight is 263 g/mol. The maximum atomic E-state index is 3.63. The Hall–Kier alpha value is -0.470. The number of aryl methyl sites for hydroxylation is 1. The van der Waals surface area contributed by atoms with Crippen molar-refractivity contribution >= 4 is 11.8 Å². The van der Waals surface area contributed by atoms with E-state index in [1.54, 1.807) is 0 Å². The lowest BCUT2D eigenvalue weighted by Crippen LogP contribution is -2.31. The van der Waals surface area contributed by atoms with Crippen molar-refractivity contribution < 1.29 is 0 Å². The highest BCUT2D eigenvalue weighted by Crippen LogP contribution is 2.34. The van der Waals surface area contributed by atoms with Gasteiger partial charge in [-0.15, -0.1) is 11.8 Å². The Kier molecular flexibility index (Phi) is 5.58. The number of thioether (sulfide) groups is 1. The topological polar surface area (TPSA) is 12.0 Å². The molecule has 0 radical (unpaired) electrons. The smallest absolute Gasteiger partial charge is 0.0161 e. The van der Waals surface area contributed by atoms with Crippen LogP contribution in [0.15, 0.2) is 29.2 Å². The lowest BCUT2D eigenvalue weighted by atomic mass is 10.1. The van der Waals surface area contributed by atoms with Gasteiger partial charge in [0.2, 0.25) is 0 Å². The van der Waals surface area contributed by atoms with Crippen molar-refractivity contribution in [2.75, 3.05) is 12.3 Å². The van der Waals surface area contributed by atoms with Crippen molar-refractivity contribution in [3.05, 3.63) is 29.8 Å². The molecule has 1 unspecified atom stereocenters. The van der Waals surface area contributed by atoms with Gasteiger partial charge in [0.05, 0.1) is 0 Å². The van der Waals surface area contributed by atoms with Crippen LogP contribution in [-0.2, 0) is 0 Å². The van der Waals surface area contributed by atoms with Gasteiger partial charge in [0.1, 0.15) is 0 Å². The summed E-state index contributed by atoms with van der Waals surface area (Å²) in [6.07, 6.45) is 5.72. The second-order valence-corrected chi connectivity index (χ2v) is 6.50. The van der Waals surface area contributed by atoms with E-state index in [0.29, 0.717) is 6.04 Å². The predicted octanol–water partition coefficient (Wildman–Crippen LogP) is 4.26. The van der Waals surface area contributed by atoms with Crippen molar-refractivity contribution in [1.82, 2.24) is 5.32 Å². The first-order valence-corrected chi connectivity index (χ1v) is 8.19. The molecule has 1 atom stereocenters. The number of hydrogen-bond acceptors (Lipinski definition) is 2. The van der Waals surface area contributed by atoms with E-state index in [0.717, 1.165) is 12.5 Å². The standard InChI is InChI=1S/C16H25NS/c1-3-17-15(10-9-14-7-8-14)12-18-16-6-4-5-13(2)11-16/h4-6,11,14-15,17H,3,7-10,12H2,1-2H3.